The summed E-state index contributed by atoms with van der Waals surface area (Å²) in [6.07, 6.45) is 2.80. The lowest BCUT2D eigenvalue weighted by Crippen LogP contribution is -2.42. The number of rotatable bonds is 3. The first-order chi connectivity index (χ1) is 11.5. The molecular weight excluding hydrogens is 306 g/mol. The van der Waals surface area contributed by atoms with Crippen LogP contribution in [0.15, 0.2) is 36.7 Å². The number of carbonyl (C=O) groups is 2. The molecule has 1 aromatic heterocycles. The number of fused-ring (bicyclic) bond motifs is 1. The van der Waals surface area contributed by atoms with Crippen LogP contribution in [0.25, 0.3) is 0 Å². The zero-order valence-corrected chi connectivity index (χ0v) is 13.7. The lowest BCUT2D eigenvalue weighted by Gasteiger charge is -2.30. The molecular formula is C18H19N3O3. The van der Waals surface area contributed by atoms with Crippen molar-refractivity contribution in [2.75, 3.05) is 6.54 Å². The Hall–Kier alpha value is -2.76. The molecule has 0 fully saturated rings. The first kappa shape index (κ1) is 16.1. The number of aromatic nitrogens is 2. The zero-order chi connectivity index (χ0) is 17.1. The topological polar surface area (TPSA) is 72.4 Å². The predicted octanol–water partition coefficient (Wildman–Crippen LogP) is 1.92. The Morgan fingerprint density at radius 2 is 1.92 bits per heavy atom. The minimum Gasteiger partial charge on any atom is -0.448 e. The van der Waals surface area contributed by atoms with Crippen molar-refractivity contribution in [3.63, 3.8) is 0 Å². The Kier molecular flexibility index (Phi) is 4.55. The van der Waals surface area contributed by atoms with Crippen LogP contribution in [-0.4, -0.2) is 39.4 Å². The minimum absolute atomic E-state index is 0.101. The molecule has 1 aliphatic heterocycles. The lowest BCUT2D eigenvalue weighted by atomic mass is 9.99. The van der Waals surface area contributed by atoms with Crippen molar-refractivity contribution in [3.8, 4) is 0 Å². The molecule has 1 aliphatic rings. The highest BCUT2D eigenvalue weighted by atomic mass is 16.5. The third-order valence-corrected chi connectivity index (χ3v) is 4.06. The highest BCUT2D eigenvalue weighted by Crippen LogP contribution is 2.19. The number of ether oxygens (including phenoxy) is 1. The number of hydrogen-bond acceptors (Lipinski definition) is 5. The van der Waals surface area contributed by atoms with Crippen LogP contribution < -0.4 is 0 Å². The lowest BCUT2D eigenvalue weighted by molar-refractivity contribution is -0.140. The first-order valence-corrected chi connectivity index (χ1v) is 7.90. The summed E-state index contributed by atoms with van der Waals surface area (Å²) >= 11 is 0. The van der Waals surface area contributed by atoms with Crippen molar-refractivity contribution >= 4 is 11.9 Å². The summed E-state index contributed by atoms with van der Waals surface area (Å²) in [6, 6.07) is 8.07. The molecule has 3 rings (SSSR count). The number of carbonyl (C=O) groups excluding carboxylic acids is 2. The molecule has 6 heteroatoms. The summed E-state index contributed by atoms with van der Waals surface area (Å²) in [5.41, 5.74) is 3.22. The molecule has 0 radical (unpaired) electrons. The van der Waals surface area contributed by atoms with E-state index < -0.39 is 12.1 Å². The second-order valence-electron chi connectivity index (χ2n) is 5.87. The van der Waals surface area contributed by atoms with Crippen LogP contribution in [0.3, 0.4) is 0 Å². The van der Waals surface area contributed by atoms with Gasteiger partial charge in [0.25, 0.3) is 5.91 Å². The molecule has 2 heterocycles. The number of amides is 1. The molecule has 0 bridgehead atoms. The van der Waals surface area contributed by atoms with E-state index in [-0.39, 0.29) is 11.6 Å². The Morgan fingerprint density at radius 3 is 2.62 bits per heavy atom. The van der Waals surface area contributed by atoms with E-state index in [9.17, 15) is 9.59 Å². The fourth-order valence-corrected chi connectivity index (χ4v) is 2.71. The van der Waals surface area contributed by atoms with E-state index in [1.807, 2.05) is 18.2 Å². The minimum atomic E-state index is -0.856. The predicted molar refractivity (Wildman–Crippen MR) is 87.2 cm³/mol. The first-order valence-electron chi connectivity index (χ1n) is 7.90. The molecule has 24 heavy (non-hydrogen) atoms. The van der Waals surface area contributed by atoms with E-state index in [2.05, 4.69) is 16.0 Å². The zero-order valence-electron chi connectivity index (χ0n) is 13.7. The van der Waals surface area contributed by atoms with E-state index in [0.717, 1.165) is 12.0 Å². The van der Waals surface area contributed by atoms with E-state index in [1.54, 1.807) is 18.7 Å². The van der Waals surface area contributed by atoms with Gasteiger partial charge in [-0.3, -0.25) is 9.78 Å². The van der Waals surface area contributed by atoms with Gasteiger partial charge >= 0.3 is 5.97 Å². The van der Waals surface area contributed by atoms with E-state index >= 15 is 0 Å². The monoisotopic (exact) mass is 325 g/mol. The van der Waals surface area contributed by atoms with Gasteiger partial charge in [0.15, 0.2) is 11.8 Å². The number of esters is 1. The largest absolute Gasteiger partial charge is 0.448 e. The summed E-state index contributed by atoms with van der Waals surface area (Å²) in [6.45, 7) is 4.54. The fraction of sp³-hybridized carbons (Fsp3) is 0.333. The molecule has 0 unspecified atom stereocenters. The SMILES string of the molecule is Cc1cnc(C(=O)O[C@H](C)C(=O)N2CCc3ccccc3C2)cn1. The van der Waals surface area contributed by atoms with Crippen LogP contribution in [-0.2, 0) is 22.5 Å². The van der Waals surface area contributed by atoms with Crippen molar-refractivity contribution in [2.45, 2.75) is 32.9 Å². The Balaban J connectivity index is 1.63. The maximum atomic E-state index is 12.5. The van der Waals surface area contributed by atoms with Crippen molar-refractivity contribution in [1.29, 1.82) is 0 Å². The summed E-state index contributed by atoms with van der Waals surface area (Å²) in [4.78, 5) is 34.3. The molecule has 124 valence electrons. The molecule has 1 atom stereocenters. The van der Waals surface area contributed by atoms with Gasteiger partial charge < -0.3 is 9.64 Å². The van der Waals surface area contributed by atoms with Crippen molar-refractivity contribution < 1.29 is 14.3 Å². The van der Waals surface area contributed by atoms with Crippen LogP contribution in [0.1, 0.15) is 34.2 Å². The quantitative estimate of drug-likeness (QED) is 0.806. The average molecular weight is 325 g/mol. The van der Waals surface area contributed by atoms with Crippen LogP contribution in [0, 0.1) is 6.92 Å². The van der Waals surface area contributed by atoms with Gasteiger partial charge in [-0.1, -0.05) is 24.3 Å². The molecule has 0 saturated heterocycles. The number of benzene rings is 1. The van der Waals surface area contributed by atoms with E-state index in [0.29, 0.717) is 18.8 Å². The van der Waals surface area contributed by atoms with E-state index in [1.165, 1.54) is 18.0 Å². The maximum absolute atomic E-state index is 12.5. The van der Waals surface area contributed by atoms with Gasteiger partial charge in [0.05, 0.1) is 11.9 Å². The summed E-state index contributed by atoms with van der Waals surface area (Å²) in [5, 5.41) is 0. The van der Waals surface area contributed by atoms with Gasteiger partial charge in [-0.2, -0.15) is 0 Å². The van der Waals surface area contributed by atoms with E-state index in [4.69, 9.17) is 4.74 Å². The molecule has 0 aliphatic carbocycles. The van der Waals surface area contributed by atoms with Crippen LogP contribution in [0.2, 0.25) is 0 Å². The molecule has 6 nitrogen and oxygen atoms in total. The number of aryl methyl sites for hydroxylation is 1. The standard InChI is InChI=1S/C18H19N3O3/c1-12-9-20-16(10-19-12)18(23)24-13(2)17(22)21-8-7-14-5-3-4-6-15(14)11-21/h3-6,9-10,13H,7-8,11H2,1-2H3/t13-/m1/s1. The van der Waals surface area contributed by atoms with Gasteiger partial charge in [-0.25, -0.2) is 9.78 Å². The molecule has 1 aromatic carbocycles. The Bertz CT molecular complexity index is 758. The molecule has 0 spiro atoms. The van der Waals surface area contributed by atoms with Gasteiger partial charge in [0.2, 0.25) is 0 Å². The van der Waals surface area contributed by atoms with Crippen molar-refractivity contribution in [1.82, 2.24) is 14.9 Å². The van der Waals surface area contributed by atoms with Crippen molar-refractivity contribution in [2.24, 2.45) is 0 Å². The normalized spacial score (nSPS) is 14.7. The summed E-state index contributed by atoms with van der Waals surface area (Å²) < 4.78 is 5.25. The molecule has 1 amide bonds. The number of nitrogens with zero attached hydrogens (tertiary/aromatic N) is 3. The third kappa shape index (κ3) is 3.42. The smallest absolute Gasteiger partial charge is 0.359 e. The second-order valence-corrected chi connectivity index (χ2v) is 5.87. The molecule has 2 aromatic rings. The number of hydrogen-bond donors (Lipinski definition) is 0. The maximum Gasteiger partial charge on any atom is 0.359 e. The average Bonchev–Trinajstić information content (AvgIpc) is 2.61. The third-order valence-electron chi connectivity index (χ3n) is 4.06. The van der Waals surface area contributed by atoms with Crippen LogP contribution >= 0.6 is 0 Å². The van der Waals surface area contributed by atoms with Gasteiger partial charge in [0.1, 0.15) is 0 Å². The highest BCUT2D eigenvalue weighted by molar-refractivity contribution is 5.90. The van der Waals surface area contributed by atoms with Crippen LogP contribution in [0.4, 0.5) is 0 Å². The Labute approximate surface area is 140 Å². The van der Waals surface area contributed by atoms with Gasteiger partial charge in [0, 0.05) is 19.3 Å². The summed E-state index contributed by atoms with van der Waals surface area (Å²) in [5.74, 6) is -0.835. The Morgan fingerprint density at radius 1 is 1.17 bits per heavy atom. The highest BCUT2D eigenvalue weighted by Gasteiger charge is 2.27. The second kappa shape index (κ2) is 6.78. The summed E-state index contributed by atoms with van der Waals surface area (Å²) in [7, 11) is 0. The van der Waals surface area contributed by atoms with Crippen LogP contribution in [0.5, 0.6) is 0 Å². The van der Waals surface area contributed by atoms with Crippen molar-refractivity contribution in [3.05, 3.63) is 59.2 Å². The fourth-order valence-electron chi connectivity index (χ4n) is 2.71. The molecule has 0 N–H and O–H groups in total. The van der Waals surface area contributed by atoms with Gasteiger partial charge in [-0.15, -0.1) is 0 Å². The molecule has 0 saturated carbocycles. The van der Waals surface area contributed by atoms with Gasteiger partial charge in [-0.05, 0) is 31.4 Å².